The molecule has 0 unspecified atom stereocenters. The summed E-state index contributed by atoms with van der Waals surface area (Å²) in [5.74, 6) is 5.77. The Kier molecular flexibility index (Phi) is 5.10. The SMILES string of the molecule is CC(C)(O)C#Cc1ccc(CNCc2ccncc2)cc1. The van der Waals surface area contributed by atoms with Crippen molar-refractivity contribution in [3.63, 3.8) is 0 Å². The summed E-state index contributed by atoms with van der Waals surface area (Å²) in [5.41, 5.74) is 2.38. The summed E-state index contributed by atoms with van der Waals surface area (Å²) >= 11 is 0. The molecule has 2 rings (SSSR count). The van der Waals surface area contributed by atoms with E-state index in [4.69, 9.17) is 0 Å². The molecule has 0 radical (unpaired) electrons. The van der Waals surface area contributed by atoms with Crippen LogP contribution in [0.4, 0.5) is 0 Å². The lowest BCUT2D eigenvalue weighted by atomic mass is 10.1. The Morgan fingerprint density at radius 2 is 1.57 bits per heavy atom. The molecule has 3 heteroatoms. The number of benzene rings is 1. The summed E-state index contributed by atoms with van der Waals surface area (Å²) in [6, 6.07) is 12.1. The average Bonchev–Trinajstić information content (AvgIpc) is 2.47. The number of rotatable bonds is 4. The van der Waals surface area contributed by atoms with Crippen LogP contribution in [0.3, 0.4) is 0 Å². The topological polar surface area (TPSA) is 45.1 Å². The molecule has 0 fully saturated rings. The second-order valence-electron chi connectivity index (χ2n) is 5.46. The van der Waals surface area contributed by atoms with Crippen molar-refractivity contribution in [3.8, 4) is 11.8 Å². The molecule has 1 aromatic heterocycles. The Morgan fingerprint density at radius 3 is 2.14 bits per heavy atom. The molecule has 0 aliphatic carbocycles. The van der Waals surface area contributed by atoms with Gasteiger partial charge in [0.05, 0.1) is 0 Å². The van der Waals surface area contributed by atoms with Crippen molar-refractivity contribution in [1.82, 2.24) is 10.3 Å². The number of aliphatic hydroxyl groups is 1. The monoisotopic (exact) mass is 280 g/mol. The summed E-state index contributed by atoms with van der Waals surface area (Å²) in [5, 5.41) is 13.0. The molecule has 0 amide bonds. The van der Waals surface area contributed by atoms with Crippen LogP contribution in [0.15, 0.2) is 48.8 Å². The van der Waals surface area contributed by atoms with Crippen LogP contribution in [-0.4, -0.2) is 15.7 Å². The van der Waals surface area contributed by atoms with Gasteiger partial charge in [0.15, 0.2) is 0 Å². The highest BCUT2D eigenvalue weighted by Crippen LogP contribution is 2.05. The Bertz CT molecular complexity index is 616. The standard InChI is InChI=1S/C18H20N2O/c1-18(2,21)10-7-15-3-5-16(6-4-15)13-20-14-17-8-11-19-12-9-17/h3-6,8-9,11-12,20-21H,13-14H2,1-2H3. The number of aromatic nitrogens is 1. The van der Waals surface area contributed by atoms with E-state index in [1.807, 2.05) is 36.4 Å². The van der Waals surface area contributed by atoms with E-state index in [0.717, 1.165) is 18.7 Å². The third-order valence-corrected chi connectivity index (χ3v) is 2.87. The van der Waals surface area contributed by atoms with Crippen LogP contribution < -0.4 is 5.32 Å². The van der Waals surface area contributed by atoms with Gasteiger partial charge in [-0.05, 0) is 49.2 Å². The number of pyridine rings is 1. The second kappa shape index (κ2) is 7.03. The summed E-state index contributed by atoms with van der Waals surface area (Å²) < 4.78 is 0. The summed E-state index contributed by atoms with van der Waals surface area (Å²) in [6.45, 7) is 4.99. The average molecular weight is 280 g/mol. The first-order valence-electron chi connectivity index (χ1n) is 6.97. The number of hydrogen-bond donors (Lipinski definition) is 2. The molecule has 1 aromatic carbocycles. The summed E-state index contributed by atoms with van der Waals surface area (Å²) in [6.07, 6.45) is 3.60. The summed E-state index contributed by atoms with van der Waals surface area (Å²) in [4.78, 5) is 4.00. The zero-order chi connectivity index (χ0) is 15.1. The van der Waals surface area contributed by atoms with Crippen molar-refractivity contribution in [1.29, 1.82) is 0 Å². The molecule has 1 heterocycles. The van der Waals surface area contributed by atoms with E-state index in [-0.39, 0.29) is 0 Å². The van der Waals surface area contributed by atoms with Gasteiger partial charge in [0.2, 0.25) is 0 Å². The second-order valence-corrected chi connectivity index (χ2v) is 5.46. The lowest BCUT2D eigenvalue weighted by molar-refractivity contribution is 0.143. The van der Waals surface area contributed by atoms with Crippen LogP contribution in [0.1, 0.15) is 30.5 Å². The van der Waals surface area contributed by atoms with Crippen molar-refractivity contribution >= 4 is 0 Å². The fourth-order valence-corrected chi connectivity index (χ4v) is 1.78. The van der Waals surface area contributed by atoms with Crippen molar-refractivity contribution in [2.24, 2.45) is 0 Å². The molecule has 0 saturated heterocycles. The van der Waals surface area contributed by atoms with Gasteiger partial charge >= 0.3 is 0 Å². The third-order valence-electron chi connectivity index (χ3n) is 2.87. The Balaban J connectivity index is 1.86. The smallest absolute Gasteiger partial charge is 0.120 e. The molecule has 0 saturated carbocycles. The molecule has 0 bridgehead atoms. The van der Waals surface area contributed by atoms with Gasteiger partial charge in [0.1, 0.15) is 5.60 Å². The quantitative estimate of drug-likeness (QED) is 0.846. The van der Waals surface area contributed by atoms with Gasteiger partial charge in [-0.3, -0.25) is 4.98 Å². The minimum Gasteiger partial charge on any atom is -0.378 e. The molecule has 108 valence electrons. The lowest BCUT2D eigenvalue weighted by Gasteiger charge is -2.06. The molecular formula is C18H20N2O. The van der Waals surface area contributed by atoms with E-state index < -0.39 is 5.60 Å². The van der Waals surface area contributed by atoms with Gasteiger partial charge in [0.25, 0.3) is 0 Å². The van der Waals surface area contributed by atoms with Gasteiger partial charge in [0, 0.05) is 31.0 Å². The minimum atomic E-state index is -0.954. The maximum Gasteiger partial charge on any atom is 0.120 e. The Morgan fingerprint density at radius 1 is 1.00 bits per heavy atom. The van der Waals surface area contributed by atoms with Crippen LogP contribution in [0, 0.1) is 11.8 Å². The number of nitrogens with zero attached hydrogens (tertiary/aromatic N) is 1. The van der Waals surface area contributed by atoms with E-state index in [1.54, 1.807) is 26.2 Å². The first-order valence-corrected chi connectivity index (χ1v) is 6.97. The van der Waals surface area contributed by atoms with E-state index in [2.05, 4.69) is 22.1 Å². The molecule has 0 atom stereocenters. The highest BCUT2D eigenvalue weighted by molar-refractivity contribution is 5.37. The van der Waals surface area contributed by atoms with E-state index in [9.17, 15) is 5.11 Å². The molecule has 2 N–H and O–H groups in total. The van der Waals surface area contributed by atoms with E-state index in [1.165, 1.54) is 11.1 Å². The largest absolute Gasteiger partial charge is 0.378 e. The van der Waals surface area contributed by atoms with Gasteiger partial charge < -0.3 is 10.4 Å². The number of hydrogen-bond acceptors (Lipinski definition) is 3. The predicted octanol–water partition coefficient (Wildman–Crippen LogP) is 2.49. The first kappa shape index (κ1) is 15.2. The first-order chi connectivity index (χ1) is 10.0. The number of nitrogens with one attached hydrogen (secondary N) is 1. The molecular weight excluding hydrogens is 260 g/mol. The van der Waals surface area contributed by atoms with Crippen LogP contribution >= 0.6 is 0 Å². The molecule has 3 nitrogen and oxygen atoms in total. The predicted molar refractivity (Wildman–Crippen MR) is 84.4 cm³/mol. The summed E-state index contributed by atoms with van der Waals surface area (Å²) in [7, 11) is 0. The molecule has 0 spiro atoms. The zero-order valence-electron chi connectivity index (χ0n) is 12.4. The van der Waals surface area contributed by atoms with Crippen molar-refractivity contribution in [3.05, 3.63) is 65.5 Å². The van der Waals surface area contributed by atoms with Crippen molar-refractivity contribution in [2.75, 3.05) is 0 Å². The molecule has 2 aromatic rings. The maximum absolute atomic E-state index is 9.57. The maximum atomic E-state index is 9.57. The van der Waals surface area contributed by atoms with Crippen LogP contribution in [-0.2, 0) is 13.1 Å². The highest BCUT2D eigenvalue weighted by Gasteiger charge is 2.05. The minimum absolute atomic E-state index is 0.807. The molecule has 0 aliphatic rings. The Hall–Kier alpha value is -2.15. The third kappa shape index (κ3) is 5.78. The highest BCUT2D eigenvalue weighted by atomic mass is 16.3. The van der Waals surface area contributed by atoms with Gasteiger partial charge in [-0.15, -0.1) is 0 Å². The van der Waals surface area contributed by atoms with Gasteiger partial charge in [-0.2, -0.15) is 0 Å². The fraction of sp³-hybridized carbons (Fsp3) is 0.278. The van der Waals surface area contributed by atoms with Crippen molar-refractivity contribution < 1.29 is 5.11 Å². The Labute approximate surface area is 126 Å². The van der Waals surface area contributed by atoms with Crippen LogP contribution in [0.5, 0.6) is 0 Å². The molecule has 0 aliphatic heterocycles. The van der Waals surface area contributed by atoms with Crippen LogP contribution in [0.25, 0.3) is 0 Å². The zero-order valence-corrected chi connectivity index (χ0v) is 12.4. The van der Waals surface area contributed by atoms with E-state index >= 15 is 0 Å². The molecule has 21 heavy (non-hydrogen) atoms. The van der Waals surface area contributed by atoms with Crippen LogP contribution in [0.2, 0.25) is 0 Å². The van der Waals surface area contributed by atoms with Gasteiger partial charge in [-0.25, -0.2) is 0 Å². The lowest BCUT2D eigenvalue weighted by Crippen LogP contribution is -2.14. The normalized spacial score (nSPS) is 10.8. The van der Waals surface area contributed by atoms with E-state index in [0.29, 0.717) is 0 Å². The van der Waals surface area contributed by atoms with Crippen molar-refractivity contribution in [2.45, 2.75) is 32.5 Å². The van der Waals surface area contributed by atoms with Gasteiger partial charge in [-0.1, -0.05) is 24.0 Å². The fourth-order valence-electron chi connectivity index (χ4n) is 1.78.